The van der Waals surface area contributed by atoms with Gasteiger partial charge < -0.3 is 4.74 Å². The maximum absolute atomic E-state index is 12.2. The van der Waals surface area contributed by atoms with E-state index in [2.05, 4.69) is 20.7 Å². The van der Waals surface area contributed by atoms with Gasteiger partial charge in [-0.25, -0.2) is 10.2 Å². The van der Waals surface area contributed by atoms with E-state index in [9.17, 15) is 9.59 Å². The second-order valence-electron chi connectivity index (χ2n) is 7.55. The van der Waals surface area contributed by atoms with E-state index in [1.54, 1.807) is 54.6 Å². The average Bonchev–Trinajstić information content (AvgIpc) is 3.20. The van der Waals surface area contributed by atoms with E-state index in [0.717, 1.165) is 5.69 Å². The number of carbonyl (C=O) groups excluding carboxylic acids is 2. The Bertz CT molecular complexity index is 1080. The summed E-state index contributed by atoms with van der Waals surface area (Å²) in [4.78, 5) is 24.3. The van der Waals surface area contributed by atoms with Crippen molar-refractivity contribution < 1.29 is 14.3 Å². The van der Waals surface area contributed by atoms with Crippen molar-refractivity contribution in [1.29, 1.82) is 0 Å². The molecule has 0 spiro atoms. The fourth-order valence-corrected chi connectivity index (χ4v) is 2.67. The number of aromatic nitrogens is 2. The summed E-state index contributed by atoms with van der Waals surface area (Å²) in [6.45, 7) is 6.07. The van der Waals surface area contributed by atoms with Gasteiger partial charge in [-0.05, 0) is 48.0 Å². The van der Waals surface area contributed by atoms with Crippen molar-refractivity contribution in [3.05, 3.63) is 82.1 Å². The Labute approximate surface area is 179 Å². The summed E-state index contributed by atoms with van der Waals surface area (Å²) in [6.07, 6.45) is 1.48. The first-order valence-electron chi connectivity index (χ1n) is 9.20. The largest absolute Gasteiger partial charge is 0.423 e. The molecule has 3 rings (SSSR count). The molecule has 0 aliphatic carbocycles. The van der Waals surface area contributed by atoms with E-state index in [4.69, 9.17) is 16.3 Å². The Morgan fingerprint density at radius 2 is 1.83 bits per heavy atom. The van der Waals surface area contributed by atoms with Crippen molar-refractivity contribution >= 4 is 29.7 Å². The quantitative estimate of drug-likeness (QED) is 0.275. The van der Waals surface area contributed by atoms with Crippen LogP contribution in [0, 0.1) is 0 Å². The first-order valence-corrected chi connectivity index (χ1v) is 9.58. The molecule has 2 aromatic carbocycles. The van der Waals surface area contributed by atoms with Crippen LogP contribution in [0.5, 0.6) is 5.75 Å². The summed E-state index contributed by atoms with van der Waals surface area (Å²) in [5.74, 6) is -0.585. The molecule has 3 aromatic rings. The highest BCUT2D eigenvalue weighted by molar-refractivity contribution is 6.33. The fourth-order valence-electron chi connectivity index (χ4n) is 2.46. The van der Waals surface area contributed by atoms with E-state index >= 15 is 0 Å². The molecule has 0 aliphatic rings. The molecule has 0 saturated carbocycles. The minimum Gasteiger partial charge on any atom is -0.423 e. The zero-order valence-corrected chi connectivity index (χ0v) is 17.5. The Hall–Kier alpha value is -3.45. The number of hydrazone groups is 1. The van der Waals surface area contributed by atoms with Crippen molar-refractivity contribution in [2.75, 3.05) is 0 Å². The maximum Gasteiger partial charge on any atom is 0.345 e. The lowest BCUT2D eigenvalue weighted by Crippen LogP contribution is -2.18. The molecule has 0 unspecified atom stereocenters. The Kier molecular flexibility index (Phi) is 6.32. The van der Waals surface area contributed by atoms with Crippen LogP contribution in [-0.4, -0.2) is 28.3 Å². The van der Waals surface area contributed by atoms with Crippen molar-refractivity contribution in [3.8, 4) is 5.75 Å². The Morgan fingerprint density at radius 1 is 1.13 bits per heavy atom. The highest BCUT2D eigenvalue weighted by atomic mass is 35.5. The van der Waals surface area contributed by atoms with Crippen LogP contribution >= 0.6 is 11.6 Å². The van der Waals surface area contributed by atoms with Crippen LogP contribution in [0.3, 0.4) is 0 Å². The summed E-state index contributed by atoms with van der Waals surface area (Å²) < 4.78 is 5.32. The molecule has 154 valence electrons. The van der Waals surface area contributed by atoms with Gasteiger partial charge in [0.2, 0.25) is 0 Å². The number of hydrogen-bond donors (Lipinski definition) is 2. The molecule has 30 heavy (non-hydrogen) atoms. The number of carbonyl (C=O) groups is 2. The number of esters is 1. The third-order valence-corrected chi connectivity index (χ3v) is 4.51. The molecule has 1 heterocycles. The standard InChI is InChI=1S/C22H21ClN4O3/c1-22(2,3)19-12-18(25-26-19)20(28)27-24-13-14-8-10-15(11-9-14)30-21(29)16-6-4-5-7-17(16)23/h4-13H,1-3H3,(H,25,26)(H,27,28)/b24-13-. The lowest BCUT2D eigenvalue weighted by molar-refractivity contribution is 0.0734. The molecular formula is C22H21ClN4O3. The number of benzene rings is 2. The van der Waals surface area contributed by atoms with Crippen molar-refractivity contribution in [3.63, 3.8) is 0 Å². The number of nitrogens with one attached hydrogen (secondary N) is 2. The number of nitrogens with zero attached hydrogens (tertiary/aromatic N) is 2. The SMILES string of the molecule is CC(C)(C)c1cc(C(=O)N/N=C\c2ccc(OC(=O)c3ccccc3Cl)cc2)n[nH]1. The van der Waals surface area contributed by atoms with Gasteiger partial charge in [0, 0.05) is 11.1 Å². The third-order valence-electron chi connectivity index (χ3n) is 4.18. The second kappa shape index (κ2) is 8.92. The van der Waals surface area contributed by atoms with Crippen molar-refractivity contribution in [2.45, 2.75) is 26.2 Å². The van der Waals surface area contributed by atoms with Gasteiger partial charge in [0.25, 0.3) is 5.91 Å². The van der Waals surface area contributed by atoms with Crippen LogP contribution in [0.4, 0.5) is 0 Å². The molecule has 2 N–H and O–H groups in total. The molecule has 8 heteroatoms. The first-order chi connectivity index (χ1) is 14.2. The number of halogens is 1. The molecular weight excluding hydrogens is 404 g/mol. The van der Waals surface area contributed by atoms with Gasteiger partial charge in [-0.2, -0.15) is 10.2 Å². The number of H-pyrrole nitrogens is 1. The minimum atomic E-state index is -0.539. The monoisotopic (exact) mass is 424 g/mol. The van der Waals surface area contributed by atoms with Crippen LogP contribution in [0.1, 0.15) is 52.9 Å². The van der Waals surface area contributed by atoms with Gasteiger partial charge in [-0.1, -0.05) is 44.5 Å². The molecule has 0 atom stereocenters. The van der Waals surface area contributed by atoms with E-state index in [0.29, 0.717) is 21.9 Å². The normalized spacial score (nSPS) is 11.5. The molecule has 0 saturated heterocycles. The minimum absolute atomic E-state index is 0.133. The topological polar surface area (TPSA) is 96.4 Å². The van der Waals surface area contributed by atoms with Crippen LogP contribution in [0.25, 0.3) is 0 Å². The Balaban J connectivity index is 1.57. The first kappa shape index (κ1) is 21.3. The van der Waals surface area contributed by atoms with Crippen molar-refractivity contribution in [1.82, 2.24) is 15.6 Å². The number of rotatable bonds is 5. The summed E-state index contributed by atoms with van der Waals surface area (Å²) in [5.41, 5.74) is 4.43. The number of amides is 1. The predicted octanol–water partition coefficient (Wildman–Crippen LogP) is 4.34. The lowest BCUT2D eigenvalue weighted by atomic mass is 9.92. The van der Waals surface area contributed by atoms with Crippen LogP contribution < -0.4 is 10.2 Å². The van der Waals surface area contributed by atoms with Gasteiger partial charge in [0.1, 0.15) is 5.75 Å². The number of aromatic amines is 1. The highest BCUT2D eigenvalue weighted by Crippen LogP contribution is 2.20. The zero-order valence-electron chi connectivity index (χ0n) is 16.8. The van der Waals surface area contributed by atoms with Gasteiger partial charge in [0.15, 0.2) is 5.69 Å². The Morgan fingerprint density at radius 3 is 2.47 bits per heavy atom. The molecule has 7 nitrogen and oxygen atoms in total. The summed E-state index contributed by atoms with van der Waals surface area (Å²) in [7, 11) is 0. The lowest BCUT2D eigenvalue weighted by Gasteiger charge is -2.14. The molecule has 0 fully saturated rings. The number of ether oxygens (including phenoxy) is 1. The van der Waals surface area contributed by atoms with Crippen LogP contribution in [0.2, 0.25) is 5.02 Å². The molecule has 1 aromatic heterocycles. The molecule has 1 amide bonds. The number of hydrogen-bond acceptors (Lipinski definition) is 5. The highest BCUT2D eigenvalue weighted by Gasteiger charge is 2.19. The molecule has 0 radical (unpaired) electrons. The smallest absolute Gasteiger partial charge is 0.345 e. The van der Waals surface area contributed by atoms with E-state index in [-0.39, 0.29) is 11.1 Å². The zero-order chi connectivity index (χ0) is 21.7. The molecule has 0 aliphatic heterocycles. The molecule has 0 bridgehead atoms. The maximum atomic E-state index is 12.2. The van der Waals surface area contributed by atoms with Crippen LogP contribution in [0.15, 0.2) is 59.7 Å². The predicted molar refractivity (Wildman–Crippen MR) is 115 cm³/mol. The van der Waals surface area contributed by atoms with Crippen molar-refractivity contribution in [2.24, 2.45) is 5.10 Å². The van der Waals surface area contributed by atoms with Crippen LogP contribution in [-0.2, 0) is 5.41 Å². The van der Waals surface area contributed by atoms with Gasteiger partial charge in [0.05, 0.1) is 16.8 Å². The third kappa shape index (κ3) is 5.33. The summed E-state index contributed by atoms with van der Waals surface area (Å²) >= 11 is 6.00. The summed E-state index contributed by atoms with van der Waals surface area (Å²) in [6, 6.07) is 15.0. The second-order valence-corrected chi connectivity index (χ2v) is 7.96. The van der Waals surface area contributed by atoms with E-state index < -0.39 is 11.9 Å². The van der Waals surface area contributed by atoms with E-state index in [1.165, 1.54) is 6.21 Å². The van der Waals surface area contributed by atoms with E-state index in [1.807, 2.05) is 20.8 Å². The van der Waals surface area contributed by atoms with Gasteiger partial charge in [-0.15, -0.1) is 0 Å². The fraction of sp³-hybridized carbons (Fsp3) is 0.182. The van der Waals surface area contributed by atoms with Gasteiger partial charge in [-0.3, -0.25) is 9.89 Å². The van der Waals surface area contributed by atoms with Gasteiger partial charge >= 0.3 is 5.97 Å². The average molecular weight is 425 g/mol. The summed E-state index contributed by atoms with van der Waals surface area (Å²) in [5, 5.41) is 11.1.